The van der Waals surface area contributed by atoms with Crippen LogP contribution in [0.15, 0.2) is 24.3 Å². The predicted molar refractivity (Wildman–Crippen MR) is 76.3 cm³/mol. The molecule has 0 aromatic heterocycles. The molecule has 1 aromatic carbocycles. The quantitative estimate of drug-likeness (QED) is 0.748. The van der Waals surface area contributed by atoms with E-state index in [0.29, 0.717) is 6.42 Å². The number of carbonyl (C=O) groups is 1. The van der Waals surface area contributed by atoms with Gasteiger partial charge in [0.15, 0.2) is 0 Å². The van der Waals surface area contributed by atoms with E-state index >= 15 is 0 Å². The third-order valence-corrected chi connectivity index (χ3v) is 3.84. The van der Waals surface area contributed by atoms with Crippen LogP contribution in [0.5, 0.6) is 0 Å². The number of halogens is 1. The first-order valence-electron chi connectivity index (χ1n) is 6.76. The van der Waals surface area contributed by atoms with Crippen LogP contribution < -0.4 is 0 Å². The van der Waals surface area contributed by atoms with Crippen LogP contribution in [0.1, 0.15) is 37.3 Å². The molecule has 1 atom stereocenters. The van der Waals surface area contributed by atoms with E-state index in [1.807, 2.05) is 29.2 Å². The summed E-state index contributed by atoms with van der Waals surface area (Å²) in [7, 11) is 1.69. The lowest BCUT2D eigenvalue weighted by molar-refractivity contribution is -0.139. The molecule has 0 saturated carbocycles. The number of ether oxygens (including phenoxy) is 1. The summed E-state index contributed by atoms with van der Waals surface area (Å²) < 4.78 is 4.99. The van der Waals surface area contributed by atoms with Gasteiger partial charge in [-0.25, -0.2) is 0 Å². The van der Waals surface area contributed by atoms with E-state index in [4.69, 9.17) is 16.3 Å². The molecule has 3 nitrogen and oxygen atoms in total. The summed E-state index contributed by atoms with van der Waals surface area (Å²) in [4.78, 5) is 14.1. The summed E-state index contributed by atoms with van der Waals surface area (Å²) in [5.74, 6) is 0.252. The molecule has 4 heteroatoms. The average Bonchev–Trinajstić information content (AvgIpc) is 2.36. The van der Waals surface area contributed by atoms with Gasteiger partial charge < -0.3 is 9.64 Å². The Kier molecular flexibility index (Phi) is 5.23. The van der Waals surface area contributed by atoms with E-state index < -0.39 is 0 Å². The monoisotopic (exact) mass is 281 g/mol. The molecule has 19 heavy (non-hydrogen) atoms. The first kappa shape index (κ1) is 14.4. The normalized spacial score (nSPS) is 18.2. The molecule has 1 heterocycles. The Morgan fingerprint density at radius 1 is 1.37 bits per heavy atom. The molecule has 2 rings (SSSR count). The Morgan fingerprint density at radius 2 is 2.11 bits per heavy atom. The number of hydrogen-bond donors (Lipinski definition) is 0. The van der Waals surface area contributed by atoms with Gasteiger partial charge in [0.2, 0.25) is 5.91 Å². The summed E-state index contributed by atoms with van der Waals surface area (Å²) in [6.07, 6.45) is 3.51. The molecular weight excluding hydrogens is 262 g/mol. The lowest BCUT2D eigenvalue weighted by Gasteiger charge is -2.41. The number of hydrogen-bond acceptors (Lipinski definition) is 2. The lowest BCUT2D eigenvalue weighted by atomic mass is 9.94. The number of amides is 1. The van der Waals surface area contributed by atoms with Crippen molar-refractivity contribution < 1.29 is 9.53 Å². The highest BCUT2D eigenvalue weighted by Crippen LogP contribution is 2.34. The standard InChI is InChI=1S/C15H20ClNO2/c1-19-11-3-2-4-15(18)17-10-9-14(17)12-5-7-13(16)8-6-12/h5-8,14H,2-4,9-11H2,1H3. The van der Waals surface area contributed by atoms with E-state index in [-0.39, 0.29) is 11.9 Å². The number of unbranched alkanes of at least 4 members (excludes halogenated alkanes) is 1. The lowest BCUT2D eigenvalue weighted by Crippen LogP contribution is -2.45. The van der Waals surface area contributed by atoms with Crippen molar-refractivity contribution in [1.29, 1.82) is 0 Å². The van der Waals surface area contributed by atoms with Gasteiger partial charge in [-0.15, -0.1) is 0 Å². The fourth-order valence-corrected chi connectivity index (χ4v) is 2.51. The van der Waals surface area contributed by atoms with Gasteiger partial charge in [-0.1, -0.05) is 23.7 Å². The zero-order valence-electron chi connectivity index (χ0n) is 11.3. The molecule has 1 amide bonds. The van der Waals surface area contributed by atoms with Gasteiger partial charge in [-0.05, 0) is 37.0 Å². The van der Waals surface area contributed by atoms with Gasteiger partial charge in [0.05, 0.1) is 6.04 Å². The molecule has 1 aliphatic rings. The minimum atomic E-state index is 0.243. The van der Waals surface area contributed by atoms with Crippen LogP contribution in [-0.2, 0) is 9.53 Å². The molecule has 0 radical (unpaired) electrons. The second-order valence-corrected chi connectivity index (χ2v) is 5.33. The van der Waals surface area contributed by atoms with Crippen LogP contribution in [0.2, 0.25) is 5.02 Å². The van der Waals surface area contributed by atoms with Crippen molar-refractivity contribution in [2.75, 3.05) is 20.3 Å². The maximum Gasteiger partial charge on any atom is 0.223 e. The summed E-state index contributed by atoms with van der Waals surface area (Å²) in [5, 5.41) is 0.737. The summed E-state index contributed by atoms with van der Waals surface area (Å²) in [6.45, 7) is 1.60. The average molecular weight is 282 g/mol. The molecule has 1 saturated heterocycles. The van der Waals surface area contributed by atoms with Gasteiger partial charge in [-0.3, -0.25) is 4.79 Å². The molecule has 1 fully saturated rings. The van der Waals surface area contributed by atoms with Gasteiger partial charge >= 0.3 is 0 Å². The number of rotatable bonds is 6. The highest BCUT2D eigenvalue weighted by molar-refractivity contribution is 6.30. The van der Waals surface area contributed by atoms with Gasteiger partial charge in [-0.2, -0.15) is 0 Å². The minimum Gasteiger partial charge on any atom is -0.385 e. The zero-order chi connectivity index (χ0) is 13.7. The Balaban J connectivity index is 1.84. The van der Waals surface area contributed by atoms with E-state index in [9.17, 15) is 4.79 Å². The van der Waals surface area contributed by atoms with Crippen molar-refractivity contribution >= 4 is 17.5 Å². The largest absolute Gasteiger partial charge is 0.385 e. The Bertz CT molecular complexity index is 419. The second-order valence-electron chi connectivity index (χ2n) is 4.89. The molecule has 104 valence electrons. The van der Waals surface area contributed by atoms with Gasteiger partial charge in [0, 0.05) is 31.7 Å². The summed E-state index contributed by atoms with van der Waals surface area (Å²) >= 11 is 5.88. The van der Waals surface area contributed by atoms with Crippen molar-refractivity contribution in [2.24, 2.45) is 0 Å². The van der Waals surface area contributed by atoms with Gasteiger partial charge in [0.25, 0.3) is 0 Å². The fourth-order valence-electron chi connectivity index (χ4n) is 2.38. The first-order valence-corrected chi connectivity index (χ1v) is 7.14. The SMILES string of the molecule is COCCCCC(=O)N1CCC1c1ccc(Cl)cc1. The van der Waals surface area contributed by atoms with Crippen molar-refractivity contribution in [3.05, 3.63) is 34.9 Å². The third-order valence-electron chi connectivity index (χ3n) is 3.58. The highest BCUT2D eigenvalue weighted by atomic mass is 35.5. The van der Waals surface area contributed by atoms with Crippen LogP contribution in [-0.4, -0.2) is 31.1 Å². The maximum absolute atomic E-state index is 12.1. The molecular formula is C15H20ClNO2. The fraction of sp³-hybridized carbons (Fsp3) is 0.533. The molecule has 0 bridgehead atoms. The van der Waals surface area contributed by atoms with E-state index in [1.165, 1.54) is 5.56 Å². The number of benzene rings is 1. The summed E-state index contributed by atoms with van der Waals surface area (Å²) in [6, 6.07) is 8.04. The molecule has 0 spiro atoms. The predicted octanol–water partition coefficient (Wildman–Crippen LogP) is 3.43. The topological polar surface area (TPSA) is 29.5 Å². The Hall–Kier alpha value is -1.06. The third kappa shape index (κ3) is 3.71. The number of methoxy groups -OCH3 is 1. The number of carbonyl (C=O) groups excluding carboxylic acids is 1. The molecule has 1 aromatic rings. The van der Waals surface area contributed by atoms with Crippen LogP contribution in [0.25, 0.3) is 0 Å². The van der Waals surface area contributed by atoms with Crippen LogP contribution in [0, 0.1) is 0 Å². The molecule has 1 unspecified atom stereocenters. The number of nitrogens with zero attached hydrogens (tertiary/aromatic N) is 1. The first-order chi connectivity index (χ1) is 9.22. The van der Waals surface area contributed by atoms with Crippen molar-refractivity contribution in [1.82, 2.24) is 4.90 Å². The smallest absolute Gasteiger partial charge is 0.223 e. The molecule has 0 aliphatic carbocycles. The van der Waals surface area contributed by atoms with Gasteiger partial charge in [0.1, 0.15) is 0 Å². The number of likely N-dealkylation sites (tertiary alicyclic amines) is 1. The van der Waals surface area contributed by atoms with Crippen molar-refractivity contribution in [3.8, 4) is 0 Å². The summed E-state index contributed by atoms with van der Waals surface area (Å²) in [5.41, 5.74) is 1.18. The Labute approximate surface area is 119 Å². The van der Waals surface area contributed by atoms with E-state index in [1.54, 1.807) is 7.11 Å². The van der Waals surface area contributed by atoms with Crippen LogP contribution >= 0.6 is 11.6 Å². The second kappa shape index (κ2) is 6.92. The van der Waals surface area contributed by atoms with E-state index in [0.717, 1.165) is 37.4 Å². The van der Waals surface area contributed by atoms with Crippen molar-refractivity contribution in [2.45, 2.75) is 31.7 Å². The zero-order valence-corrected chi connectivity index (χ0v) is 12.0. The van der Waals surface area contributed by atoms with Crippen molar-refractivity contribution in [3.63, 3.8) is 0 Å². The molecule has 1 aliphatic heterocycles. The van der Waals surface area contributed by atoms with Crippen LogP contribution in [0.4, 0.5) is 0 Å². The minimum absolute atomic E-state index is 0.243. The van der Waals surface area contributed by atoms with Crippen LogP contribution in [0.3, 0.4) is 0 Å². The maximum atomic E-state index is 12.1. The highest BCUT2D eigenvalue weighted by Gasteiger charge is 2.32. The Morgan fingerprint density at radius 3 is 2.68 bits per heavy atom. The van der Waals surface area contributed by atoms with E-state index in [2.05, 4.69) is 0 Å². The molecule has 0 N–H and O–H groups in total.